The average Bonchev–Trinajstić information content (AvgIpc) is 2.90. The Hall–Kier alpha value is -1.03. The van der Waals surface area contributed by atoms with Crippen LogP contribution in [0.4, 0.5) is 5.69 Å². The van der Waals surface area contributed by atoms with Gasteiger partial charge in [0.2, 0.25) is 10.0 Å². The molecule has 0 radical (unpaired) electrons. The first-order chi connectivity index (χ1) is 8.56. The van der Waals surface area contributed by atoms with E-state index in [9.17, 15) is 8.42 Å². The van der Waals surface area contributed by atoms with Crippen molar-refractivity contribution < 1.29 is 8.42 Å². The Morgan fingerprint density at radius 3 is 2.83 bits per heavy atom. The summed E-state index contributed by atoms with van der Waals surface area (Å²) in [5.41, 5.74) is 3.27. The quantitative estimate of drug-likeness (QED) is 0.782. The van der Waals surface area contributed by atoms with Crippen molar-refractivity contribution in [1.82, 2.24) is 0 Å². The van der Waals surface area contributed by atoms with E-state index in [-0.39, 0.29) is 11.2 Å². The van der Waals surface area contributed by atoms with Gasteiger partial charge in [-0.2, -0.15) is 0 Å². The molecule has 3 aliphatic rings. The smallest absolute Gasteiger partial charge is 0.236 e. The van der Waals surface area contributed by atoms with Gasteiger partial charge in [0, 0.05) is 5.92 Å². The average molecular weight is 263 g/mol. The van der Waals surface area contributed by atoms with Gasteiger partial charge in [-0.05, 0) is 49.7 Å². The van der Waals surface area contributed by atoms with Crippen molar-refractivity contribution in [3.05, 3.63) is 29.3 Å². The van der Waals surface area contributed by atoms with E-state index in [0.717, 1.165) is 18.5 Å². The van der Waals surface area contributed by atoms with Gasteiger partial charge in [-0.1, -0.05) is 17.7 Å². The Bertz CT molecular complexity index is 623. The molecule has 1 aromatic carbocycles. The molecular weight excluding hydrogens is 246 g/mol. The molecule has 0 amide bonds. The number of hydrogen-bond acceptors (Lipinski definition) is 2. The number of sulfonamides is 1. The van der Waals surface area contributed by atoms with Gasteiger partial charge in [-0.3, -0.25) is 4.72 Å². The molecular formula is C14H17NO2S. The lowest BCUT2D eigenvalue weighted by Crippen LogP contribution is -2.41. The van der Waals surface area contributed by atoms with Crippen molar-refractivity contribution >= 4 is 15.7 Å². The summed E-state index contributed by atoms with van der Waals surface area (Å²) in [4.78, 5) is 0. The zero-order chi connectivity index (χ0) is 12.5. The second-order valence-corrected chi connectivity index (χ2v) is 7.90. The van der Waals surface area contributed by atoms with Gasteiger partial charge in [-0.15, -0.1) is 0 Å². The molecule has 1 heterocycles. The van der Waals surface area contributed by atoms with E-state index in [0.29, 0.717) is 11.8 Å². The van der Waals surface area contributed by atoms with E-state index in [1.54, 1.807) is 0 Å². The molecule has 4 heteroatoms. The summed E-state index contributed by atoms with van der Waals surface area (Å²) in [6, 6.07) is 6.08. The van der Waals surface area contributed by atoms with Crippen molar-refractivity contribution in [3.8, 4) is 0 Å². The van der Waals surface area contributed by atoms with Gasteiger partial charge >= 0.3 is 0 Å². The van der Waals surface area contributed by atoms with Crippen LogP contribution < -0.4 is 4.72 Å². The first kappa shape index (κ1) is 10.9. The van der Waals surface area contributed by atoms with E-state index in [2.05, 4.69) is 17.7 Å². The standard InChI is InChI=1S/C14H17NO2S/c1-8-2-5-12-11(6-8)13-9-3-4-10(7-9)14(13)18(16,17)15-12/h2,5-6,9-10,13-15H,3-4,7H2,1H3/t9-,10-,13-,14+/m0/s1. The topological polar surface area (TPSA) is 46.2 Å². The van der Waals surface area contributed by atoms with Crippen molar-refractivity contribution in [2.75, 3.05) is 4.72 Å². The lowest BCUT2D eigenvalue weighted by Gasteiger charge is -2.36. The highest BCUT2D eigenvalue weighted by Gasteiger charge is 2.56. The minimum atomic E-state index is -3.17. The lowest BCUT2D eigenvalue weighted by atomic mass is 9.81. The molecule has 0 saturated heterocycles. The van der Waals surface area contributed by atoms with E-state index in [1.807, 2.05) is 12.1 Å². The molecule has 4 atom stereocenters. The molecule has 2 saturated carbocycles. The molecule has 96 valence electrons. The summed E-state index contributed by atoms with van der Waals surface area (Å²) < 4.78 is 27.6. The third-order valence-electron chi connectivity index (χ3n) is 5.02. The minimum Gasteiger partial charge on any atom is -0.283 e. The molecule has 1 N–H and O–H groups in total. The zero-order valence-electron chi connectivity index (χ0n) is 10.4. The molecule has 4 rings (SSSR count). The number of fused-ring (bicyclic) bond motifs is 7. The van der Waals surface area contributed by atoms with Gasteiger partial charge < -0.3 is 0 Å². The summed E-state index contributed by atoms with van der Waals surface area (Å²) in [7, 11) is -3.17. The summed E-state index contributed by atoms with van der Waals surface area (Å²) in [5, 5.41) is -0.175. The molecule has 1 aliphatic heterocycles. The number of rotatable bonds is 0. The van der Waals surface area contributed by atoms with E-state index < -0.39 is 10.0 Å². The number of aryl methyl sites for hydroxylation is 1. The lowest BCUT2D eigenvalue weighted by molar-refractivity contribution is 0.411. The summed E-state index contributed by atoms with van der Waals surface area (Å²) in [6.45, 7) is 2.07. The fraction of sp³-hybridized carbons (Fsp3) is 0.571. The zero-order valence-corrected chi connectivity index (χ0v) is 11.2. The molecule has 2 aliphatic carbocycles. The van der Waals surface area contributed by atoms with Gasteiger partial charge in [0.05, 0.1) is 10.9 Å². The van der Waals surface area contributed by atoms with Crippen molar-refractivity contribution in [2.45, 2.75) is 37.4 Å². The Labute approximate surface area is 108 Å². The van der Waals surface area contributed by atoms with Crippen LogP contribution in [-0.2, 0) is 10.0 Å². The highest BCUT2D eigenvalue weighted by atomic mass is 32.2. The summed E-state index contributed by atoms with van der Waals surface area (Å²) in [5.74, 6) is 1.20. The fourth-order valence-electron chi connectivity index (χ4n) is 4.39. The third kappa shape index (κ3) is 1.27. The van der Waals surface area contributed by atoms with Gasteiger partial charge in [0.1, 0.15) is 0 Å². The van der Waals surface area contributed by atoms with Crippen molar-refractivity contribution in [2.24, 2.45) is 11.8 Å². The van der Waals surface area contributed by atoms with Crippen LogP contribution in [0.25, 0.3) is 0 Å². The second kappa shape index (κ2) is 3.29. The monoisotopic (exact) mass is 263 g/mol. The maximum atomic E-state index is 12.4. The van der Waals surface area contributed by atoms with Crippen molar-refractivity contribution in [3.63, 3.8) is 0 Å². The largest absolute Gasteiger partial charge is 0.283 e. The van der Waals surface area contributed by atoms with Crippen LogP contribution >= 0.6 is 0 Å². The SMILES string of the molecule is Cc1ccc2c(c1)[C@@H]1[C@H]3CC[C@@H](C3)[C@H]1S(=O)(=O)N2. The molecule has 0 aromatic heterocycles. The highest BCUT2D eigenvalue weighted by molar-refractivity contribution is 7.93. The Balaban J connectivity index is 1.94. The molecule has 3 nitrogen and oxygen atoms in total. The Kier molecular flexibility index (Phi) is 1.99. The van der Waals surface area contributed by atoms with Crippen LogP contribution in [0.2, 0.25) is 0 Å². The summed E-state index contributed by atoms with van der Waals surface area (Å²) in [6.07, 6.45) is 3.40. The van der Waals surface area contributed by atoms with Gasteiger partial charge in [0.25, 0.3) is 0 Å². The van der Waals surface area contributed by atoms with Crippen LogP contribution in [-0.4, -0.2) is 13.7 Å². The molecule has 1 aromatic rings. The second-order valence-electron chi connectivity index (χ2n) is 6.06. The third-order valence-corrected chi connectivity index (χ3v) is 6.92. The Morgan fingerprint density at radius 1 is 1.22 bits per heavy atom. The molecule has 2 fully saturated rings. The predicted molar refractivity (Wildman–Crippen MR) is 71.1 cm³/mol. The molecule has 18 heavy (non-hydrogen) atoms. The van der Waals surface area contributed by atoms with Gasteiger partial charge in [-0.25, -0.2) is 8.42 Å². The molecule has 0 spiro atoms. The van der Waals surface area contributed by atoms with Gasteiger partial charge in [0.15, 0.2) is 0 Å². The van der Waals surface area contributed by atoms with Crippen LogP contribution in [0.1, 0.15) is 36.3 Å². The summed E-state index contributed by atoms with van der Waals surface area (Å²) >= 11 is 0. The number of benzene rings is 1. The van der Waals surface area contributed by atoms with E-state index >= 15 is 0 Å². The van der Waals surface area contributed by atoms with Crippen molar-refractivity contribution in [1.29, 1.82) is 0 Å². The maximum absolute atomic E-state index is 12.4. The molecule has 0 unspecified atom stereocenters. The van der Waals surface area contributed by atoms with E-state index in [1.165, 1.54) is 17.5 Å². The van der Waals surface area contributed by atoms with Crippen LogP contribution in [0.15, 0.2) is 18.2 Å². The maximum Gasteiger partial charge on any atom is 0.236 e. The first-order valence-electron chi connectivity index (χ1n) is 6.68. The number of hydrogen-bond donors (Lipinski definition) is 1. The highest BCUT2D eigenvalue weighted by Crippen LogP contribution is 2.58. The van der Waals surface area contributed by atoms with Crippen LogP contribution in [0.3, 0.4) is 0 Å². The van der Waals surface area contributed by atoms with E-state index in [4.69, 9.17) is 0 Å². The predicted octanol–water partition coefficient (Wildman–Crippen LogP) is 2.63. The minimum absolute atomic E-state index is 0.175. The fourth-order valence-corrected chi connectivity index (χ4v) is 6.53. The Morgan fingerprint density at radius 2 is 2.00 bits per heavy atom. The molecule has 2 bridgehead atoms. The number of anilines is 1. The van der Waals surface area contributed by atoms with Crippen LogP contribution in [0.5, 0.6) is 0 Å². The van der Waals surface area contributed by atoms with Crippen LogP contribution in [0, 0.1) is 18.8 Å². The number of nitrogens with one attached hydrogen (secondary N) is 1. The first-order valence-corrected chi connectivity index (χ1v) is 8.23. The normalized spacial score (nSPS) is 38.9.